The molecule has 0 atom stereocenters. The molecule has 0 saturated carbocycles. The Morgan fingerprint density at radius 3 is 1.05 bits per heavy atom. The number of rotatable bonds is 8. The predicted octanol–water partition coefficient (Wildman–Crippen LogP) is 3.41. The first-order valence-corrected chi connectivity index (χ1v) is 18.2. The number of hydrogen-bond donors (Lipinski definition) is 0. The summed E-state index contributed by atoms with van der Waals surface area (Å²) in [4.78, 5) is 51.9. The van der Waals surface area contributed by atoms with E-state index in [4.69, 9.17) is 56.8 Å². The third-order valence-corrected chi connectivity index (χ3v) is 7.96. The van der Waals surface area contributed by atoms with E-state index in [1.165, 1.54) is 48.5 Å². The van der Waals surface area contributed by atoms with Crippen LogP contribution >= 0.6 is 0 Å². The molecule has 0 bridgehead atoms. The number of fused-ring (bicyclic) bond motifs is 2. The van der Waals surface area contributed by atoms with Gasteiger partial charge in [0.05, 0.1) is 90.4 Å². The van der Waals surface area contributed by atoms with Gasteiger partial charge < -0.3 is 56.8 Å². The fraction of sp³-hybridized carbons (Fsp3) is 0.450. The first-order valence-electron chi connectivity index (χ1n) is 18.2. The summed E-state index contributed by atoms with van der Waals surface area (Å²) in [7, 11) is 0. The first-order chi connectivity index (χ1) is 27.5. The zero-order chi connectivity index (χ0) is 39.2. The molecular weight excluding hydrogens is 736 g/mol. The molecule has 0 spiro atoms. The van der Waals surface area contributed by atoms with E-state index in [2.05, 4.69) is 0 Å². The van der Waals surface area contributed by atoms with Crippen molar-refractivity contribution in [3.8, 4) is 23.0 Å². The third kappa shape index (κ3) is 14.2. The van der Waals surface area contributed by atoms with Gasteiger partial charge in [-0.1, -0.05) is 6.07 Å². The smallest absolute Gasteiger partial charge is 0.338 e. The van der Waals surface area contributed by atoms with Crippen LogP contribution in [-0.4, -0.2) is 142 Å². The molecule has 0 radical (unpaired) electrons. The highest BCUT2D eigenvalue weighted by Gasteiger charge is 2.19. The fourth-order valence-corrected chi connectivity index (χ4v) is 5.12. The molecule has 56 heavy (non-hydrogen) atoms. The summed E-state index contributed by atoms with van der Waals surface area (Å²) in [6, 6.07) is 14.8. The van der Waals surface area contributed by atoms with Crippen molar-refractivity contribution in [2.75, 3.05) is 119 Å². The van der Waals surface area contributed by atoms with E-state index < -0.39 is 36.7 Å². The Kier molecular flexibility index (Phi) is 17.8. The molecule has 2 heterocycles. The zero-order valence-electron chi connectivity index (χ0n) is 31.0. The molecule has 3 aromatic carbocycles. The quantitative estimate of drug-likeness (QED) is 0.240. The van der Waals surface area contributed by atoms with Gasteiger partial charge >= 0.3 is 11.9 Å². The van der Waals surface area contributed by atoms with Crippen molar-refractivity contribution in [3.63, 3.8) is 0 Å². The molecule has 0 N–H and O–H groups in total. The Labute approximate surface area is 324 Å². The standard InChI is InChI=1S/C40H46O16/c41-33(29-4-6-35-37(25-29)53-22-18-49-14-10-45-8-12-47-16-20-51-35)27-55-39(43)31-2-1-3-32(24-31)40(44)56-28-34(42)30-5-7-36-38(26-30)54-23-19-50-15-11-46-9-13-48-17-21-52-36/h1-7,24-26H,8-23,27-28H2. The second-order valence-electron chi connectivity index (χ2n) is 12.0. The van der Waals surface area contributed by atoms with Gasteiger partial charge in [-0.15, -0.1) is 0 Å². The molecule has 0 fully saturated rings. The van der Waals surface area contributed by atoms with Gasteiger partial charge in [0.15, 0.2) is 47.8 Å². The van der Waals surface area contributed by atoms with Crippen molar-refractivity contribution in [2.24, 2.45) is 0 Å². The third-order valence-electron chi connectivity index (χ3n) is 7.96. The summed E-state index contributed by atoms with van der Waals surface area (Å²) in [5.41, 5.74) is 0.464. The molecule has 3 aromatic rings. The monoisotopic (exact) mass is 782 g/mol. The molecular formula is C40H46O16. The minimum atomic E-state index is -0.841. The molecule has 0 aliphatic carbocycles. The number of carbonyl (C=O) groups excluding carboxylic acids is 4. The Balaban J connectivity index is 1.13. The van der Waals surface area contributed by atoms with E-state index >= 15 is 0 Å². The van der Waals surface area contributed by atoms with Gasteiger partial charge in [-0.2, -0.15) is 0 Å². The Bertz CT molecular complexity index is 1610. The van der Waals surface area contributed by atoms with Crippen molar-refractivity contribution < 1.29 is 76.0 Å². The van der Waals surface area contributed by atoms with Crippen molar-refractivity contribution >= 4 is 23.5 Å². The summed E-state index contributed by atoms with van der Waals surface area (Å²) in [5.74, 6) is -1.20. The van der Waals surface area contributed by atoms with Gasteiger partial charge in [0.2, 0.25) is 0 Å². The number of ketones is 2. The van der Waals surface area contributed by atoms with Crippen LogP contribution in [-0.2, 0) is 37.9 Å². The largest absolute Gasteiger partial charge is 0.487 e. The highest BCUT2D eigenvalue weighted by Crippen LogP contribution is 2.30. The maximum absolute atomic E-state index is 13.0. The van der Waals surface area contributed by atoms with Crippen LogP contribution in [0.1, 0.15) is 41.4 Å². The van der Waals surface area contributed by atoms with Gasteiger partial charge in [-0.05, 0) is 54.6 Å². The first kappa shape index (κ1) is 42.1. The number of esters is 2. The van der Waals surface area contributed by atoms with Gasteiger partial charge in [-0.3, -0.25) is 9.59 Å². The molecule has 5 rings (SSSR count). The van der Waals surface area contributed by atoms with Crippen molar-refractivity contribution in [3.05, 3.63) is 82.9 Å². The van der Waals surface area contributed by atoms with E-state index in [-0.39, 0.29) is 48.7 Å². The number of ether oxygens (including phenoxy) is 12. The average Bonchev–Trinajstić information content (AvgIpc) is 3.24. The maximum atomic E-state index is 13.0. The summed E-state index contributed by atoms with van der Waals surface area (Å²) in [6.45, 7) is 4.40. The summed E-state index contributed by atoms with van der Waals surface area (Å²) >= 11 is 0. The Morgan fingerprint density at radius 1 is 0.375 bits per heavy atom. The predicted molar refractivity (Wildman–Crippen MR) is 195 cm³/mol. The van der Waals surface area contributed by atoms with Gasteiger partial charge in [0, 0.05) is 11.1 Å². The highest BCUT2D eigenvalue weighted by molar-refractivity contribution is 6.02. The lowest BCUT2D eigenvalue weighted by Gasteiger charge is -2.14. The Morgan fingerprint density at radius 2 is 0.696 bits per heavy atom. The lowest BCUT2D eigenvalue weighted by Crippen LogP contribution is -2.17. The fourth-order valence-electron chi connectivity index (χ4n) is 5.12. The average molecular weight is 783 g/mol. The van der Waals surface area contributed by atoms with Crippen LogP contribution in [0.5, 0.6) is 23.0 Å². The van der Waals surface area contributed by atoms with Crippen LogP contribution in [0, 0.1) is 0 Å². The van der Waals surface area contributed by atoms with Crippen LogP contribution in [0.15, 0.2) is 60.7 Å². The second kappa shape index (κ2) is 23.7. The van der Waals surface area contributed by atoms with Gasteiger partial charge in [0.25, 0.3) is 0 Å². The van der Waals surface area contributed by atoms with Gasteiger partial charge in [-0.25, -0.2) is 9.59 Å². The van der Waals surface area contributed by atoms with E-state index in [1.54, 1.807) is 12.1 Å². The topological polar surface area (TPSA) is 179 Å². The molecule has 0 unspecified atom stereocenters. The SMILES string of the molecule is O=C(COC(=O)c1cccc(C(=O)OCC(=O)c2ccc3c(c2)OCCOCCOCCOCCO3)c1)c1ccc2c(c1)OCCOCCOCCOCCO2. The van der Waals surface area contributed by atoms with Gasteiger partial charge in [0.1, 0.15) is 26.4 Å². The highest BCUT2D eigenvalue weighted by atomic mass is 16.6. The number of benzene rings is 3. The molecule has 0 saturated heterocycles. The lowest BCUT2D eigenvalue weighted by molar-refractivity contribution is 0.00708. The molecule has 2 aliphatic rings. The van der Waals surface area contributed by atoms with Crippen LogP contribution in [0.4, 0.5) is 0 Å². The van der Waals surface area contributed by atoms with E-state index in [0.717, 1.165) is 0 Å². The maximum Gasteiger partial charge on any atom is 0.338 e. The molecule has 16 nitrogen and oxygen atoms in total. The van der Waals surface area contributed by atoms with Crippen LogP contribution in [0.3, 0.4) is 0 Å². The molecule has 2 aliphatic heterocycles. The molecule has 16 heteroatoms. The summed E-state index contributed by atoms with van der Waals surface area (Å²) in [5, 5.41) is 0. The van der Waals surface area contributed by atoms with E-state index in [0.29, 0.717) is 102 Å². The summed E-state index contributed by atoms with van der Waals surface area (Å²) < 4.78 is 66.6. The van der Waals surface area contributed by atoms with E-state index in [1.807, 2.05) is 0 Å². The van der Waals surface area contributed by atoms with Crippen LogP contribution < -0.4 is 18.9 Å². The van der Waals surface area contributed by atoms with E-state index in [9.17, 15) is 19.2 Å². The molecule has 0 aromatic heterocycles. The number of Topliss-reactive ketones (excluding diaryl/α,β-unsaturated/α-hetero) is 2. The van der Waals surface area contributed by atoms with Crippen molar-refractivity contribution in [1.29, 1.82) is 0 Å². The minimum absolute atomic E-state index is 0.00354. The van der Waals surface area contributed by atoms with Crippen molar-refractivity contribution in [2.45, 2.75) is 0 Å². The molecule has 0 amide bonds. The second-order valence-corrected chi connectivity index (χ2v) is 12.0. The lowest BCUT2D eigenvalue weighted by atomic mass is 10.1. The Hall–Kier alpha value is -5.10. The number of carbonyl (C=O) groups is 4. The summed E-state index contributed by atoms with van der Waals surface area (Å²) in [6.07, 6.45) is 0. The normalized spacial score (nSPS) is 16.7. The molecule has 302 valence electrons. The zero-order valence-corrected chi connectivity index (χ0v) is 31.0. The van der Waals surface area contributed by atoms with Crippen LogP contribution in [0.25, 0.3) is 0 Å². The minimum Gasteiger partial charge on any atom is -0.487 e. The van der Waals surface area contributed by atoms with Crippen molar-refractivity contribution in [1.82, 2.24) is 0 Å². The number of hydrogen-bond acceptors (Lipinski definition) is 16. The van der Waals surface area contributed by atoms with Crippen LogP contribution in [0.2, 0.25) is 0 Å².